The number of amides is 1. The van der Waals surface area contributed by atoms with E-state index in [1.54, 1.807) is 6.92 Å². The Balaban J connectivity index is 3.12. The third-order valence-corrected chi connectivity index (χ3v) is 2.36. The van der Waals surface area contributed by atoms with Crippen molar-refractivity contribution in [2.45, 2.75) is 13.0 Å². The zero-order chi connectivity index (χ0) is 13.7. The highest BCUT2D eigenvalue weighted by Gasteiger charge is 2.18. The minimum Gasteiger partial charge on any atom is -0.394 e. The lowest BCUT2D eigenvalue weighted by Gasteiger charge is -2.12. The molecule has 0 fully saturated rings. The lowest BCUT2D eigenvalue weighted by Crippen LogP contribution is -2.21. The van der Waals surface area contributed by atoms with Crippen molar-refractivity contribution in [1.82, 2.24) is 5.32 Å². The summed E-state index contributed by atoms with van der Waals surface area (Å²) in [5.41, 5.74) is 0.289. The van der Waals surface area contributed by atoms with E-state index in [2.05, 4.69) is 10.6 Å². The first-order chi connectivity index (χ1) is 8.49. The molecule has 1 amide bonds. The highest BCUT2D eigenvalue weighted by Crippen LogP contribution is 2.26. The zero-order valence-electron chi connectivity index (χ0n) is 10.1. The van der Waals surface area contributed by atoms with E-state index in [1.165, 1.54) is 25.2 Å². The number of carbonyl (C=O) groups is 1. The molecule has 7 nitrogen and oxygen atoms in total. The van der Waals surface area contributed by atoms with Gasteiger partial charge in [0.1, 0.15) is 5.69 Å². The maximum Gasteiger partial charge on any atom is 0.293 e. The van der Waals surface area contributed by atoms with Crippen LogP contribution in [0, 0.1) is 10.1 Å². The highest BCUT2D eigenvalue weighted by molar-refractivity contribution is 5.95. The Hall–Kier alpha value is -2.15. The quantitative estimate of drug-likeness (QED) is 0.530. The minimum atomic E-state index is -0.571. The van der Waals surface area contributed by atoms with E-state index in [-0.39, 0.29) is 35.5 Å². The maximum atomic E-state index is 11.4. The number of nitro benzene ring substituents is 1. The maximum absolute atomic E-state index is 11.4. The first-order valence-corrected chi connectivity index (χ1v) is 5.37. The monoisotopic (exact) mass is 253 g/mol. The number of nitro groups is 1. The van der Waals surface area contributed by atoms with Crippen LogP contribution in [-0.4, -0.2) is 35.6 Å². The summed E-state index contributed by atoms with van der Waals surface area (Å²) in [5.74, 6) is -0.389. The lowest BCUT2D eigenvalue weighted by atomic mass is 10.1. The average molecular weight is 253 g/mol. The number of hydrogen-bond donors (Lipinski definition) is 3. The third-order valence-electron chi connectivity index (χ3n) is 2.36. The van der Waals surface area contributed by atoms with E-state index in [0.717, 1.165) is 0 Å². The van der Waals surface area contributed by atoms with Gasteiger partial charge in [-0.15, -0.1) is 0 Å². The second kappa shape index (κ2) is 5.97. The molecule has 0 aliphatic heterocycles. The Morgan fingerprint density at radius 2 is 2.22 bits per heavy atom. The summed E-state index contributed by atoms with van der Waals surface area (Å²) in [4.78, 5) is 21.7. The molecule has 0 spiro atoms. The molecule has 1 rings (SSSR count). The molecule has 98 valence electrons. The van der Waals surface area contributed by atoms with Gasteiger partial charge >= 0.3 is 0 Å². The number of nitrogens with zero attached hydrogens (tertiary/aromatic N) is 1. The molecule has 0 heterocycles. The number of hydrogen-bond acceptors (Lipinski definition) is 5. The van der Waals surface area contributed by atoms with Gasteiger partial charge in [0.05, 0.1) is 11.5 Å². The Labute approximate surface area is 104 Å². The molecule has 0 saturated carbocycles. The SMILES string of the molecule is CNC(=O)c1ccc(NC(C)CO)c([N+](=O)[O-])c1. The Morgan fingerprint density at radius 1 is 1.56 bits per heavy atom. The first kappa shape index (κ1) is 13.9. The van der Waals surface area contributed by atoms with Gasteiger partial charge in [0, 0.05) is 24.7 Å². The normalized spacial score (nSPS) is 11.7. The number of aliphatic hydroxyl groups excluding tert-OH is 1. The van der Waals surface area contributed by atoms with E-state index in [0.29, 0.717) is 0 Å². The largest absolute Gasteiger partial charge is 0.394 e. The van der Waals surface area contributed by atoms with Crippen LogP contribution in [0.1, 0.15) is 17.3 Å². The second-order valence-corrected chi connectivity index (χ2v) is 3.80. The van der Waals surface area contributed by atoms with Gasteiger partial charge < -0.3 is 15.7 Å². The molecule has 0 saturated heterocycles. The molecule has 1 atom stereocenters. The van der Waals surface area contributed by atoms with Crippen molar-refractivity contribution >= 4 is 17.3 Å². The molecular formula is C11H15N3O4. The van der Waals surface area contributed by atoms with Gasteiger partial charge in [0.25, 0.3) is 11.6 Å². The average Bonchev–Trinajstić information content (AvgIpc) is 2.37. The van der Waals surface area contributed by atoms with Crippen LogP contribution in [0.15, 0.2) is 18.2 Å². The Morgan fingerprint density at radius 3 is 2.72 bits per heavy atom. The predicted molar refractivity (Wildman–Crippen MR) is 66.7 cm³/mol. The minimum absolute atomic E-state index is 0.144. The summed E-state index contributed by atoms with van der Waals surface area (Å²) < 4.78 is 0. The van der Waals surface area contributed by atoms with E-state index >= 15 is 0 Å². The molecule has 0 bridgehead atoms. The Kier molecular flexibility index (Phi) is 4.61. The molecule has 0 aromatic heterocycles. The van der Waals surface area contributed by atoms with Crippen molar-refractivity contribution in [3.8, 4) is 0 Å². The van der Waals surface area contributed by atoms with Crippen molar-refractivity contribution in [2.24, 2.45) is 0 Å². The summed E-state index contributed by atoms with van der Waals surface area (Å²) in [6.45, 7) is 1.55. The number of anilines is 1. The summed E-state index contributed by atoms with van der Waals surface area (Å²) in [6, 6.07) is 3.83. The van der Waals surface area contributed by atoms with Crippen LogP contribution in [0.4, 0.5) is 11.4 Å². The molecule has 0 aliphatic rings. The standard InChI is InChI=1S/C11H15N3O4/c1-7(6-15)13-9-4-3-8(11(16)12-2)5-10(9)14(17)18/h3-5,7,13,15H,6H2,1-2H3,(H,12,16). The molecule has 1 aromatic rings. The van der Waals surface area contributed by atoms with Gasteiger partial charge in [0.15, 0.2) is 0 Å². The second-order valence-electron chi connectivity index (χ2n) is 3.80. The van der Waals surface area contributed by atoms with Crippen molar-refractivity contribution in [1.29, 1.82) is 0 Å². The summed E-state index contributed by atoms with van der Waals surface area (Å²) in [6.07, 6.45) is 0. The van der Waals surface area contributed by atoms with Gasteiger partial charge in [-0.25, -0.2) is 0 Å². The number of carbonyl (C=O) groups excluding carboxylic acids is 1. The molecular weight excluding hydrogens is 238 g/mol. The molecule has 3 N–H and O–H groups in total. The van der Waals surface area contributed by atoms with E-state index in [4.69, 9.17) is 5.11 Å². The van der Waals surface area contributed by atoms with Crippen molar-refractivity contribution < 1.29 is 14.8 Å². The number of rotatable bonds is 5. The Bertz CT molecular complexity index is 462. The number of nitrogens with one attached hydrogen (secondary N) is 2. The molecule has 0 aliphatic carbocycles. The fourth-order valence-electron chi connectivity index (χ4n) is 1.40. The summed E-state index contributed by atoms with van der Waals surface area (Å²) in [5, 5.41) is 25.0. The van der Waals surface area contributed by atoms with Gasteiger partial charge in [-0.1, -0.05) is 0 Å². The summed E-state index contributed by atoms with van der Waals surface area (Å²) in [7, 11) is 1.45. The van der Waals surface area contributed by atoms with Crippen LogP contribution in [-0.2, 0) is 0 Å². The fourth-order valence-corrected chi connectivity index (χ4v) is 1.40. The van der Waals surface area contributed by atoms with Crippen LogP contribution >= 0.6 is 0 Å². The van der Waals surface area contributed by atoms with Crippen LogP contribution in [0.5, 0.6) is 0 Å². The molecule has 0 radical (unpaired) electrons. The van der Waals surface area contributed by atoms with E-state index in [1.807, 2.05) is 0 Å². The zero-order valence-corrected chi connectivity index (χ0v) is 10.1. The predicted octanol–water partition coefficient (Wildman–Crippen LogP) is 0.747. The highest BCUT2D eigenvalue weighted by atomic mass is 16.6. The van der Waals surface area contributed by atoms with Gasteiger partial charge in [0.2, 0.25) is 0 Å². The molecule has 1 aromatic carbocycles. The first-order valence-electron chi connectivity index (χ1n) is 5.37. The van der Waals surface area contributed by atoms with E-state index < -0.39 is 4.92 Å². The topological polar surface area (TPSA) is 104 Å². The van der Waals surface area contributed by atoms with Crippen LogP contribution in [0.3, 0.4) is 0 Å². The molecule has 1 unspecified atom stereocenters. The smallest absolute Gasteiger partial charge is 0.293 e. The molecule has 7 heteroatoms. The van der Waals surface area contributed by atoms with Gasteiger partial charge in [-0.3, -0.25) is 14.9 Å². The van der Waals surface area contributed by atoms with Crippen LogP contribution < -0.4 is 10.6 Å². The number of aliphatic hydroxyl groups is 1. The van der Waals surface area contributed by atoms with Crippen molar-refractivity contribution in [3.05, 3.63) is 33.9 Å². The van der Waals surface area contributed by atoms with Crippen molar-refractivity contribution in [2.75, 3.05) is 19.0 Å². The van der Waals surface area contributed by atoms with Crippen molar-refractivity contribution in [3.63, 3.8) is 0 Å². The van der Waals surface area contributed by atoms with Crippen LogP contribution in [0.25, 0.3) is 0 Å². The fraction of sp³-hybridized carbons (Fsp3) is 0.364. The third kappa shape index (κ3) is 3.17. The van der Waals surface area contributed by atoms with Crippen LogP contribution in [0.2, 0.25) is 0 Å². The number of benzene rings is 1. The van der Waals surface area contributed by atoms with Gasteiger partial charge in [-0.05, 0) is 19.1 Å². The lowest BCUT2D eigenvalue weighted by molar-refractivity contribution is -0.384. The van der Waals surface area contributed by atoms with Gasteiger partial charge in [-0.2, -0.15) is 0 Å². The summed E-state index contributed by atoms with van der Waals surface area (Å²) >= 11 is 0. The molecule has 18 heavy (non-hydrogen) atoms. The van der Waals surface area contributed by atoms with E-state index in [9.17, 15) is 14.9 Å².